The molecule has 3 aromatic rings. The van der Waals surface area contributed by atoms with Crippen LogP contribution in [0.4, 0.5) is 0 Å². The first-order valence-corrected chi connectivity index (χ1v) is 11.0. The molecule has 0 bridgehead atoms. The summed E-state index contributed by atoms with van der Waals surface area (Å²) in [7, 11) is 1.65. The number of methoxy groups -OCH3 is 1. The highest BCUT2D eigenvalue weighted by Gasteiger charge is 2.27. The van der Waals surface area contributed by atoms with E-state index in [2.05, 4.69) is 17.0 Å². The molecule has 31 heavy (non-hydrogen) atoms. The number of aryl methyl sites for hydroxylation is 2. The third-order valence-electron chi connectivity index (χ3n) is 6.07. The van der Waals surface area contributed by atoms with Crippen LogP contribution in [0.3, 0.4) is 0 Å². The van der Waals surface area contributed by atoms with E-state index in [0.29, 0.717) is 24.6 Å². The van der Waals surface area contributed by atoms with Crippen LogP contribution in [0, 0.1) is 12.8 Å². The van der Waals surface area contributed by atoms with Crippen LogP contribution in [0.15, 0.2) is 59.0 Å². The first-order chi connectivity index (χ1) is 15.1. The molecule has 0 saturated carbocycles. The zero-order chi connectivity index (χ0) is 21.6. The van der Waals surface area contributed by atoms with Gasteiger partial charge in [0.15, 0.2) is 0 Å². The minimum Gasteiger partial charge on any atom is -0.496 e. The number of carbonyl (C=O) groups excluding carboxylic acids is 1. The second-order valence-electron chi connectivity index (χ2n) is 8.25. The molecule has 1 fully saturated rings. The maximum atomic E-state index is 12.8. The second-order valence-corrected chi connectivity index (χ2v) is 8.25. The monoisotopic (exact) mass is 418 g/mol. The highest BCUT2D eigenvalue weighted by Crippen LogP contribution is 2.31. The number of ketones is 1. The predicted molar refractivity (Wildman–Crippen MR) is 121 cm³/mol. The molecule has 0 aliphatic carbocycles. The van der Waals surface area contributed by atoms with Crippen molar-refractivity contribution in [2.24, 2.45) is 5.92 Å². The van der Waals surface area contributed by atoms with Gasteiger partial charge in [-0.2, -0.15) is 0 Å². The van der Waals surface area contributed by atoms with Gasteiger partial charge < -0.3 is 9.15 Å². The van der Waals surface area contributed by atoms with Gasteiger partial charge in [0, 0.05) is 25.4 Å². The van der Waals surface area contributed by atoms with Gasteiger partial charge in [-0.15, -0.1) is 0 Å². The maximum Gasteiger partial charge on any atom is 0.230 e. The Bertz CT molecular complexity index is 1010. The minimum atomic E-state index is 0.110. The number of nitrogens with zero attached hydrogens (tertiary/aromatic N) is 2. The van der Waals surface area contributed by atoms with E-state index in [1.54, 1.807) is 7.11 Å². The third kappa shape index (κ3) is 5.23. The van der Waals surface area contributed by atoms with Gasteiger partial charge in [-0.05, 0) is 50.4 Å². The molecule has 5 heteroatoms. The third-order valence-corrected chi connectivity index (χ3v) is 6.07. The lowest BCUT2D eigenvalue weighted by molar-refractivity contribution is -0.124. The highest BCUT2D eigenvalue weighted by atomic mass is 16.5. The molecule has 5 nitrogen and oxygen atoms in total. The van der Waals surface area contributed by atoms with Crippen molar-refractivity contribution in [2.45, 2.75) is 39.2 Å². The number of likely N-dealkylation sites (tertiary alicyclic amines) is 1. The summed E-state index contributed by atoms with van der Waals surface area (Å²) in [5.74, 6) is 2.63. The number of benzene rings is 2. The molecule has 0 unspecified atom stereocenters. The van der Waals surface area contributed by atoms with Crippen molar-refractivity contribution in [3.05, 3.63) is 71.6 Å². The largest absolute Gasteiger partial charge is 0.496 e. The van der Waals surface area contributed by atoms with Crippen LogP contribution >= 0.6 is 0 Å². The molecule has 1 aliphatic heterocycles. The lowest BCUT2D eigenvalue weighted by Crippen LogP contribution is -2.38. The number of aromatic nitrogens is 1. The molecule has 162 valence electrons. The lowest BCUT2D eigenvalue weighted by Gasteiger charge is -2.31. The van der Waals surface area contributed by atoms with Crippen LogP contribution in [0.1, 0.15) is 36.3 Å². The fraction of sp³-hybridized carbons (Fsp3) is 0.385. The molecule has 1 atom stereocenters. The van der Waals surface area contributed by atoms with Crippen LogP contribution in [0.2, 0.25) is 0 Å². The number of piperidine rings is 1. The number of hydrogen-bond acceptors (Lipinski definition) is 5. The topological polar surface area (TPSA) is 55.6 Å². The predicted octanol–water partition coefficient (Wildman–Crippen LogP) is 5.07. The summed E-state index contributed by atoms with van der Waals surface area (Å²) in [6.45, 7) is 4.43. The van der Waals surface area contributed by atoms with Gasteiger partial charge in [0.2, 0.25) is 5.89 Å². The van der Waals surface area contributed by atoms with E-state index in [-0.39, 0.29) is 5.92 Å². The first-order valence-electron chi connectivity index (χ1n) is 11.0. The molecule has 4 rings (SSSR count). The Morgan fingerprint density at radius 3 is 2.74 bits per heavy atom. The minimum absolute atomic E-state index is 0.110. The summed E-state index contributed by atoms with van der Waals surface area (Å²) in [4.78, 5) is 19.9. The van der Waals surface area contributed by atoms with Crippen molar-refractivity contribution in [1.29, 1.82) is 0 Å². The summed E-state index contributed by atoms with van der Waals surface area (Å²) in [6, 6.07) is 18.0. The summed E-state index contributed by atoms with van der Waals surface area (Å²) >= 11 is 0. The van der Waals surface area contributed by atoms with Crippen LogP contribution < -0.4 is 4.74 Å². The number of para-hydroxylation sites is 1. The first kappa shape index (κ1) is 21.3. The van der Waals surface area contributed by atoms with Gasteiger partial charge in [0.25, 0.3) is 0 Å². The number of ether oxygens (including phenoxy) is 1. The molecule has 1 aromatic heterocycles. The second kappa shape index (κ2) is 9.92. The van der Waals surface area contributed by atoms with Gasteiger partial charge >= 0.3 is 0 Å². The summed E-state index contributed by atoms with van der Waals surface area (Å²) in [5, 5.41) is 0. The number of hydrogen-bond donors (Lipinski definition) is 0. The molecule has 2 aromatic carbocycles. The average molecular weight is 419 g/mol. The Hall–Kier alpha value is -2.92. The summed E-state index contributed by atoms with van der Waals surface area (Å²) < 4.78 is 11.4. The molecule has 2 heterocycles. The van der Waals surface area contributed by atoms with Crippen molar-refractivity contribution in [2.75, 3.05) is 20.2 Å². The number of Topliss-reactive ketones (excluding diaryl/α,β-unsaturated/α-hetero) is 1. The summed E-state index contributed by atoms with van der Waals surface area (Å²) in [6.07, 6.45) is 3.46. The normalized spacial score (nSPS) is 16.9. The van der Waals surface area contributed by atoms with Gasteiger partial charge in [-0.25, -0.2) is 4.98 Å². The quantitative estimate of drug-likeness (QED) is 0.511. The Kier molecular flexibility index (Phi) is 6.82. The molecule has 0 N–H and O–H groups in total. The van der Waals surface area contributed by atoms with E-state index in [1.807, 2.05) is 49.4 Å². The number of rotatable bonds is 8. The Morgan fingerprint density at radius 1 is 1.16 bits per heavy atom. The lowest BCUT2D eigenvalue weighted by atomic mass is 9.90. The van der Waals surface area contributed by atoms with Crippen LogP contribution in [-0.4, -0.2) is 35.9 Å². The van der Waals surface area contributed by atoms with Gasteiger partial charge in [0.1, 0.15) is 17.3 Å². The number of oxazole rings is 1. The van der Waals surface area contributed by atoms with Crippen LogP contribution in [-0.2, 0) is 17.8 Å². The van der Waals surface area contributed by atoms with E-state index in [0.717, 1.165) is 55.1 Å². The van der Waals surface area contributed by atoms with Gasteiger partial charge in [0.05, 0.1) is 18.4 Å². The fourth-order valence-electron chi connectivity index (χ4n) is 4.30. The zero-order valence-corrected chi connectivity index (χ0v) is 18.3. The van der Waals surface area contributed by atoms with Gasteiger partial charge in [-0.3, -0.25) is 9.69 Å². The molecular formula is C26H30N2O3. The van der Waals surface area contributed by atoms with Gasteiger partial charge in [-0.1, -0.05) is 42.5 Å². The zero-order valence-electron chi connectivity index (χ0n) is 18.3. The van der Waals surface area contributed by atoms with Crippen LogP contribution in [0.5, 0.6) is 5.75 Å². The number of carbonyl (C=O) groups is 1. The van der Waals surface area contributed by atoms with E-state index in [1.165, 1.54) is 5.56 Å². The smallest absolute Gasteiger partial charge is 0.230 e. The SMILES string of the molecule is COc1ccccc1-c1nc(CN2CCC[C@@H](C(=O)CCc3ccccc3)C2)c(C)o1. The van der Waals surface area contributed by atoms with Crippen molar-refractivity contribution in [3.8, 4) is 17.2 Å². The van der Waals surface area contributed by atoms with Crippen LogP contribution in [0.25, 0.3) is 11.5 Å². The molecular weight excluding hydrogens is 388 g/mol. The van der Waals surface area contributed by atoms with E-state index in [4.69, 9.17) is 14.1 Å². The Balaban J connectivity index is 1.38. The average Bonchev–Trinajstić information content (AvgIpc) is 3.18. The maximum absolute atomic E-state index is 12.8. The van der Waals surface area contributed by atoms with Crippen molar-refractivity contribution in [1.82, 2.24) is 9.88 Å². The molecule has 0 radical (unpaired) electrons. The van der Waals surface area contributed by atoms with Crippen molar-refractivity contribution in [3.63, 3.8) is 0 Å². The van der Waals surface area contributed by atoms with E-state index in [9.17, 15) is 4.79 Å². The van der Waals surface area contributed by atoms with E-state index < -0.39 is 0 Å². The highest BCUT2D eigenvalue weighted by molar-refractivity contribution is 5.81. The Morgan fingerprint density at radius 2 is 1.94 bits per heavy atom. The molecule has 0 amide bonds. The molecule has 1 saturated heterocycles. The fourth-order valence-corrected chi connectivity index (χ4v) is 4.30. The van der Waals surface area contributed by atoms with Crippen molar-refractivity contribution >= 4 is 5.78 Å². The standard InChI is InChI=1S/C26H30N2O3/c1-19-23(27-26(31-19)22-12-6-7-13-25(22)30-2)18-28-16-8-11-21(17-28)24(29)15-14-20-9-4-3-5-10-20/h3-7,9-10,12-13,21H,8,11,14-18H2,1-2H3/t21-/m1/s1. The molecule has 0 spiro atoms. The Labute approximate surface area is 184 Å². The summed E-state index contributed by atoms with van der Waals surface area (Å²) in [5.41, 5.74) is 3.01. The van der Waals surface area contributed by atoms with Crippen molar-refractivity contribution < 1.29 is 13.9 Å². The molecule has 1 aliphatic rings. The van der Waals surface area contributed by atoms with E-state index >= 15 is 0 Å².